The Morgan fingerprint density at radius 1 is 1.83 bits per heavy atom. The molecule has 1 heterocycles. The molecule has 12 heavy (non-hydrogen) atoms. The minimum absolute atomic E-state index is 0.273. The summed E-state index contributed by atoms with van der Waals surface area (Å²) in [6.45, 7) is 2.25. The van der Waals surface area contributed by atoms with Gasteiger partial charge >= 0.3 is 0 Å². The first-order valence-corrected chi connectivity index (χ1v) is 3.64. The van der Waals surface area contributed by atoms with Crippen LogP contribution in [0.2, 0.25) is 0 Å². The van der Waals surface area contributed by atoms with Crippen LogP contribution in [0.3, 0.4) is 0 Å². The molecule has 1 aromatic rings. The van der Waals surface area contributed by atoms with Crippen molar-refractivity contribution in [2.75, 3.05) is 6.61 Å². The third-order valence-electron chi connectivity index (χ3n) is 1.28. The molecule has 5 heteroatoms. The van der Waals surface area contributed by atoms with Gasteiger partial charge in [0.1, 0.15) is 0 Å². The van der Waals surface area contributed by atoms with E-state index in [4.69, 9.17) is 4.84 Å². The Balaban J connectivity index is 2.53. The topological polar surface area (TPSA) is 56.1 Å². The zero-order valence-corrected chi connectivity index (χ0v) is 7.07. The molecule has 0 fully saturated rings. The highest BCUT2D eigenvalue weighted by Gasteiger charge is 2.05. The lowest BCUT2D eigenvalue weighted by Crippen LogP contribution is -2.23. The van der Waals surface area contributed by atoms with Crippen molar-refractivity contribution < 1.29 is 9.63 Å². The Bertz CT molecular complexity index is 269. The lowest BCUT2D eigenvalue weighted by molar-refractivity contribution is 0.0364. The summed E-state index contributed by atoms with van der Waals surface area (Å²) >= 11 is 0. The van der Waals surface area contributed by atoms with Crippen molar-refractivity contribution in [1.82, 2.24) is 15.3 Å². The molecule has 0 saturated heterocycles. The van der Waals surface area contributed by atoms with Gasteiger partial charge in [-0.05, 0) is 6.92 Å². The molecule has 1 aromatic heterocycles. The van der Waals surface area contributed by atoms with Crippen LogP contribution in [-0.4, -0.2) is 22.3 Å². The molecule has 0 aliphatic carbocycles. The number of amides is 1. The maximum absolute atomic E-state index is 11.1. The Hall–Kier alpha value is -1.36. The van der Waals surface area contributed by atoms with Gasteiger partial charge in [0.2, 0.25) is 0 Å². The van der Waals surface area contributed by atoms with Crippen molar-refractivity contribution in [3.63, 3.8) is 0 Å². The summed E-state index contributed by atoms with van der Waals surface area (Å²) in [5.41, 5.74) is 2.76. The van der Waals surface area contributed by atoms with Gasteiger partial charge < -0.3 is 0 Å². The van der Waals surface area contributed by atoms with Gasteiger partial charge in [-0.2, -0.15) is 5.10 Å². The largest absolute Gasteiger partial charge is 0.278 e. The molecule has 0 spiro atoms. The molecule has 1 amide bonds. The third-order valence-corrected chi connectivity index (χ3v) is 1.28. The van der Waals surface area contributed by atoms with Gasteiger partial charge in [0.05, 0.1) is 18.4 Å². The first-order chi connectivity index (χ1) is 5.74. The first kappa shape index (κ1) is 8.73. The van der Waals surface area contributed by atoms with E-state index in [1.54, 1.807) is 24.9 Å². The number of carbonyl (C=O) groups is 1. The number of nitrogens with zero attached hydrogens (tertiary/aromatic N) is 2. The zero-order valence-electron chi connectivity index (χ0n) is 7.07. The minimum atomic E-state index is -0.273. The SMILES string of the molecule is CCONC(=O)c1cnn(C)c1. The first-order valence-electron chi connectivity index (χ1n) is 3.64. The number of hydrogen-bond acceptors (Lipinski definition) is 3. The molecular formula is C7H11N3O2. The standard InChI is InChI=1S/C7H11N3O2/c1-3-12-9-7(11)6-4-8-10(2)5-6/h4-5H,3H2,1-2H3,(H,9,11). The molecule has 0 saturated carbocycles. The van der Waals surface area contributed by atoms with E-state index in [1.165, 1.54) is 6.20 Å². The molecule has 0 aromatic carbocycles. The van der Waals surface area contributed by atoms with Crippen molar-refractivity contribution in [2.24, 2.45) is 7.05 Å². The summed E-state index contributed by atoms with van der Waals surface area (Å²) in [5.74, 6) is -0.273. The Kier molecular flexibility index (Phi) is 2.82. The van der Waals surface area contributed by atoms with Gasteiger partial charge in [-0.15, -0.1) is 0 Å². The highest BCUT2D eigenvalue weighted by Crippen LogP contribution is 1.94. The maximum atomic E-state index is 11.1. The number of hydroxylamine groups is 1. The van der Waals surface area contributed by atoms with Crippen LogP contribution in [0.15, 0.2) is 12.4 Å². The Morgan fingerprint density at radius 2 is 2.58 bits per heavy atom. The summed E-state index contributed by atoms with van der Waals surface area (Å²) < 4.78 is 1.56. The average Bonchev–Trinajstić information content (AvgIpc) is 2.47. The van der Waals surface area contributed by atoms with Crippen LogP contribution in [0.5, 0.6) is 0 Å². The Labute approximate surface area is 70.3 Å². The highest BCUT2D eigenvalue weighted by molar-refractivity contribution is 5.92. The summed E-state index contributed by atoms with van der Waals surface area (Å²) in [4.78, 5) is 15.8. The number of aromatic nitrogens is 2. The van der Waals surface area contributed by atoms with E-state index < -0.39 is 0 Å². The van der Waals surface area contributed by atoms with Crippen molar-refractivity contribution in [3.05, 3.63) is 18.0 Å². The minimum Gasteiger partial charge on any atom is -0.275 e. The summed E-state index contributed by atoms with van der Waals surface area (Å²) in [7, 11) is 1.75. The Morgan fingerprint density at radius 3 is 3.08 bits per heavy atom. The van der Waals surface area contributed by atoms with E-state index in [0.717, 1.165) is 0 Å². The second-order valence-electron chi connectivity index (χ2n) is 2.27. The van der Waals surface area contributed by atoms with Crippen molar-refractivity contribution >= 4 is 5.91 Å². The van der Waals surface area contributed by atoms with Crippen LogP contribution >= 0.6 is 0 Å². The van der Waals surface area contributed by atoms with Crippen LogP contribution in [0.25, 0.3) is 0 Å². The van der Waals surface area contributed by atoms with Crippen LogP contribution in [0.1, 0.15) is 17.3 Å². The zero-order chi connectivity index (χ0) is 8.97. The smallest absolute Gasteiger partial charge is 0.275 e. The number of rotatable bonds is 3. The maximum Gasteiger partial charge on any atom is 0.278 e. The second-order valence-corrected chi connectivity index (χ2v) is 2.27. The predicted octanol–water partition coefficient (Wildman–Crippen LogP) is 0.101. The summed E-state index contributed by atoms with van der Waals surface area (Å²) in [6.07, 6.45) is 3.10. The molecular weight excluding hydrogens is 158 g/mol. The van der Waals surface area contributed by atoms with Gasteiger partial charge in [-0.1, -0.05) is 0 Å². The van der Waals surface area contributed by atoms with E-state index in [2.05, 4.69) is 10.6 Å². The van der Waals surface area contributed by atoms with E-state index in [0.29, 0.717) is 12.2 Å². The molecule has 66 valence electrons. The number of hydrogen-bond donors (Lipinski definition) is 1. The van der Waals surface area contributed by atoms with Crippen LogP contribution in [0.4, 0.5) is 0 Å². The summed E-state index contributed by atoms with van der Waals surface area (Å²) in [5, 5.41) is 3.85. The van der Waals surface area contributed by atoms with Gasteiger partial charge in [0.25, 0.3) is 5.91 Å². The molecule has 0 aliphatic heterocycles. The lowest BCUT2D eigenvalue weighted by Gasteiger charge is -1.99. The highest BCUT2D eigenvalue weighted by atomic mass is 16.6. The number of nitrogens with one attached hydrogen (secondary N) is 1. The van der Waals surface area contributed by atoms with Gasteiger partial charge in [-0.3, -0.25) is 14.3 Å². The number of carbonyl (C=O) groups excluding carboxylic acids is 1. The predicted molar refractivity (Wildman–Crippen MR) is 42.3 cm³/mol. The van der Waals surface area contributed by atoms with Crippen LogP contribution in [-0.2, 0) is 11.9 Å². The van der Waals surface area contributed by atoms with E-state index in [1.807, 2.05) is 0 Å². The second kappa shape index (κ2) is 3.87. The fraction of sp³-hybridized carbons (Fsp3) is 0.429. The van der Waals surface area contributed by atoms with E-state index in [-0.39, 0.29) is 5.91 Å². The third kappa shape index (κ3) is 2.06. The molecule has 5 nitrogen and oxygen atoms in total. The molecule has 0 aliphatic rings. The van der Waals surface area contributed by atoms with Crippen molar-refractivity contribution in [2.45, 2.75) is 6.92 Å². The molecule has 0 atom stereocenters. The van der Waals surface area contributed by atoms with Gasteiger partial charge in [0.15, 0.2) is 0 Å². The van der Waals surface area contributed by atoms with E-state index >= 15 is 0 Å². The normalized spacial score (nSPS) is 9.83. The van der Waals surface area contributed by atoms with Crippen molar-refractivity contribution in [3.8, 4) is 0 Å². The fourth-order valence-electron chi connectivity index (χ4n) is 0.735. The number of aryl methyl sites for hydroxylation is 1. The van der Waals surface area contributed by atoms with Crippen LogP contribution in [0, 0.1) is 0 Å². The lowest BCUT2D eigenvalue weighted by atomic mass is 10.3. The molecule has 0 bridgehead atoms. The average molecular weight is 169 g/mol. The van der Waals surface area contributed by atoms with Gasteiger partial charge in [0, 0.05) is 13.2 Å². The van der Waals surface area contributed by atoms with Crippen LogP contribution < -0.4 is 5.48 Å². The monoisotopic (exact) mass is 169 g/mol. The summed E-state index contributed by atoms with van der Waals surface area (Å²) in [6, 6.07) is 0. The quantitative estimate of drug-likeness (QED) is 0.653. The van der Waals surface area contributed by atoms with E-state index in [9.17, 15) is 4.79 Å². The fourth-order valence-corrected chi connectivity index (χ4v) is 0.735. The molecule has 1 N–H and O–H groups in total. The molecule has 0 radical (unpaired) electrons. The van der Waals surface area contributed by atoms with Gasteiger partial charge in [-0.25, -0.2) is 5.48 Å². The molecule has 1 rings (SSSR count). The molecule has 0 unspecified atom stereocenters. The van der Waals surface area contributed by atoms with Crippen molar-refractivity contribution in [1.29, 1.82) is 0 Å².